The molecular weight excluding hydrogens is 392 g/mol. The van der Waals surface area contributed by atoms with Gasteiger partial charge >= 0.3 is 0 Å². The van der Waals surface area contributed by atoms with Gasteiger partial charge in [0, 0.05) is 12.5 Å². The van der Waals surface area contributed by atoms with Crippen LogP contribution in [0.25, 0.3) is 0 Å². The van der Waals surface area contributed by atoms with Gasteiger partial charge in [-0.15, -0.1) is 5.10 Å². The lowest BCUT2D eigenvalue weighted by Gasteiger charge is -2.23. The molecule has 0 radical (unpaired) electrons. The van der Waals surface area contributed by atoms with Gasteiger partial charge in [-0.05, 0) is 42.5 Å². The Hall–Kier alpha value is -3.19. The van der Waals surface area contributed by atoms with Crippen LogP contribution in [0.4, 0.5) is 0 Å². The first-order valence-electron chi connectivity index (χ1n) is 10.6. The summed E-state index contributed by atoms with van der Waals surface area (Å²) in [6, 6.07) is 17.9. The van der Waals surface area contributed by atoms with Crippen molar-refractivity contribution in [3.63, 3.8) is 0 Å². The Labute approximate surface area is 182 Å². The van der Waals surface area contributed by atoms with Gasteiger partial charge in [-0.1, -0.05) is 47.7 Å². The van der Waals surface area contributed by atoms with Crippen LogP contribution in [-0.4, -0.2) is 40.7 Å². The van der Waals surface area contributed by atoms with Crippen LogP contribution in [0, 0.1) is 5.92 Å². The summed E-state index contributed by atoms with van der Waals surface area (Å²) in [7, 11) is 1.65. The highest BCUT2D eigenvalue weighted by Crippen LogP contribution is 2.19. The van der Waals surface area contributed by atoms with E-state index in [0.717, 1.165) is 17.0 Å². The summed E-state index contributed by atoms with van der Waals surface area (Å²) < 4.78 is 12.9. The molecule has 1 aromatic heterocycles. The number of ether oxygens (including phenoxy) is 2. The molecule has 7 heteroatoms. The lowest BCUT2D eigenvalue weighted by molar-refractivity contribution is -0.126. The second-order valence-corrected chi connectivity index (χ2v) is 7.92. The van der Waals surface area contributed by atoms with Crippen molar-refractivity contribution < 1.29 is 14.3 Å². The van der Waals surface area contributed by atoms with E-state index in [0.29, 0.717) is 39.0 Å². The quantitative estimate of drug-likeness (QED) is 0.687. The number of carbonyl (C=O) groups excluding carboxylic acids is 1. The molecule has 3 aromatic rings. The van der Waals surface area contributed by atoms with Gasteiger partial charge in [-0.2, -0.15) is 0 Å². The minimum atomic E-state index is -0.182. The molecule has 1 aliphatic rings. The van der Waals surface area contributed by atoms with Crippen LogP contribution in [-0.2, 0) is 35.5 Å². The SMILES string of the molecule is COc1ccc(C[C@@H]2CCn3cc(nn3)COC[C@@H](Cc3ccccc3)NC2=O)cc1. The zero-order chi connectivity index (χ0) is 21.5. The third kappa shape index (κ3) is 5.92. The van der Waals surface area contributed by atoms with E-state index < -0.39 is 0 Å². The van der Waals surface area contributed by atoms with Gasteiger partial charge in [-0.25, -0.2) is 0 Å². The van der Waals surface area contributed by atoms with Crippen LogP contribution >= 0.6 is 0 Å². The minimum absolute atomic E-state index is 0.0428. The monoisotopic (exact) mass is 420 g/mol. The molecule has 2 aromatic carbocycles. The molecule has 1 amide bonds. The molecule has 4 rings (SSSR count). The van der Waals surface area contributed by atoms with E-state index in [2.05, 4.69) is 27.8 Å². The van der Waals surface area contributed by atoms with E-state index >= 15 is 0 Å². The Balaban J connectivity index is 1.52. The van der Waals surface area contributed by atoms with Crippen LogP contribution in [0.3, 0.4) is 0 Å². The number of amides is 1. The second kappa shape index (κ2) is 10.2. The molecule has 2 bridgehead atoms. The summed E-state index contributed by atoms with van der Waals surface area (Å²) in [5.41, 5.74) is 3.07. The van der Waals surface area contributed by atoms with Crippen LogP contribution in [0.5, 0.6) is 5.75 Å². The maximum Gasteiger partial charge on any atom is 0.223 e. The van der Waals surface area contributed by atoms with E-state index in [1.165, 1.54) is 5.56 Å². The number of fused-ring (bicyclic) bond motifs is 2. The predicted octanol–water partition coefficient (Wildman–Crippen LogP) is 2.79. The van der Waals surface area contributed by atoms with Crippen molar-refractivity contribution >= 4 is 5.91 Å². The van der Waals surface area contributed by atoms with Crippen molar-refractivity contribution in [1.29, 1.82) is 0 Å². The van der Waals surface area contributed by atoms with Crippen molar-refractivity contribution in [2.24, 2.45) is 5.92 Å². The number of benzene rings is 2. The van der Waals surface area contributed by atoms with Crippen molar-refractivity contribution in [3.05, 3.63) is 77.6 Å². The molecular formula is C24H28N4O3. The molecule has 0 unspecified atom stereocenters. The first kappa shape index (κ1) is 21.1. The van der Waals surface area contributed by atoms with Gasteiger partial charge in [0.05, 0.1) is 32.6 Å². The summed E-state index contributed by atoms with van der Waals surface area (Å²) in [6.45, 7) is 1.43. The van der Waals surface area contributed by atoms with Gasteiger partial charge < -0.3 is 14.8 Å². The van der Waals surface area contributed by atoms with Gasteiger partial charge in [0.25, 0.3) is 0 Å². The van der Waals surface area contributed by atoms with Crippen molar-refractivity contribution in [2.75, 3.05) is 13.7 Å². The van der Waals surface area contributed by atoms with E-state index in [1.54, 1.807) is 11.8 Å². The number of carbonyl (C=O) groups is 1. The fourth-order valence-electron chi connectivity index (χ4n) is 3.85. The highest BCUT2D eigenvalue weighted by molar-refractivity contribution is 5.79. The van der Waals surface area contributed by atoms with Crippen molar-refractivity contribution in [2.45, 2.75) is 38.5 Å². The highest BCUT2D eigenvalue weighted by Gasteiger charge is 2.23. The lowest BCUT2D eigenvalue weighted by atomic mass is 9.94. The fourth-order valence-corrected chi connectivity index (χ4v) is 3.85. The topological polar surface area (TPSA) is 78.3 Å². The summed E-state index contributed by atoms with van der Waals surface area (Å²) in [4.78, 5) is 13.3. The standard InChI is InChI=1S/C24H28N4O3/c1-30-23-9-7-19(8-10-23)13-20-11-12-28-15-22(26-27-28)17-31-16-21(25-24(20)29)14-18-5-3-2-4-6-18/h2-10,15,20-21H,11-14,16-17H2,1H3,(H,25,29)/t20-,21+/m0/s1. The number of nitrogens with one attached hydrogen (secondary N) is 1. The van der Waals surface area contributed by atoms with Gasteiger partial charge in [0.1, 0.15) is 11.4 Å². The first-order chi connectivity index (χ1) is 15.2. The number of hydrogen-bond donors (Lipinski definition) is 1. The number of aryl methyl sites for hydroxylation is 1. The second-order valence-electron chi connectivity index (χ2n) is 7.92. The third-order valence-electron chi connectivity index (χ3n) is 5.54. The number of methoxy groups -OCH3 is 1. The number of nitrogens with zero attached hydrogens (tertiary/aromatic N) is 3. The molecule has 0 fully saturated rings. The summed E-state index contributed by atoms with van der Waals surface area (Å²) in [6.07, 6.45) is 3.94. The molecule has 0 aliphatic carbocycles. The van der Waals surface area contributed by atoms with Gasteiger partial charge in [-0.3, -0.25) is 9.48 Å². The van der Waals surface area contributed by atoms with Crippen LogP contribution in [0.15, 0.2) is 60.8 Å². The average Bonchev–Trinajstić information content (AvgIpc) is 3.25. The van der Waals surface area contributed by atoms with E-state index in [4.69, 9.17) is 9.47 Å². The van der Waals surface area contributed by atoms with Gasteiger partial charge in [0.15, 0.2) is 0 Å². The van der Waals surface area contributed by atoms with E-state index in [9.17, 15) is 4.79 Å². The Morgan fingerprint density at radius 1 is 1.10 bits per heavy atom. The summed E-state index contributed by atoms with van der Waals surface area (Å²) in [5, 5.41) is 11.6. The number of rotatable bonds is 5. The molecule has 162 valence electrons. The first-order valence-corrected chi connectivity index (χ1v) is 10.6. The maximum absolute atomic E-state index is 13.3. The van der Waals surface area contributed by atoms with E-state index in [1.807, 2.05) is 48.7 Å². The summed E-state index contributed by atoms with van der Waals surface area (Å²) >= 11 is 0. The molecule has 1 N–H and O–H groups in total. The molecule has 2 atom stereocenters. The Kier molecular flexibility index (Phi) is 6.94. The Bertz CT molecular complexity index is 972. The predicted molar refractivity (Wildman–Crippen MR) is 117 cm³/mol. The molecule has 7 nitrogen and oxygen atoms in total. The molecule has 0 saturated heterocycles. The van der Waals surface area contributed by atoms with Gasteiger partial charge in [0.2, 0.25) is 5.91 Å². The smallest absolute Gasteiger partial charge is 0.223 e. The lowest BCUT2D eigenvalue weighted by Crippen LogP contribution is -2.43. The Morgan fingerprint density at radius 2 is 1.87 bits per heavy atom. The number of hydrogen-bond acceptors (Lipinski definition) is 5. The van der Waals surface area contributed by atoms with Crippen molar-refractivity contribution in [3.8, 4) is 5.75 Å². The molecule has 0 spiro atoms. The zero-order valence-corrected chi connectivity index (χ0v) is 17.7. The van der Waals surface area contributed by atoms with Crippen molar-refractivity contribution in [1.82, 2.24) is 20.3 Å². The zero-order valence-electron chi connectivity index (χ0n) is 17.7. The molecule has 1 aliphatic heterocycles. The van der Waals surface area contributed by atoms with E-state index in [-0.39, 0.29) is 17.9 Å². The Morgan fingerprint density at radius 3 is 2.65 bits per heavy atom. The molecule has 2 heterocycles. The average molecular weight is 421 g/mol. The largest absolute Gasteiger partial charge is 0.497 e. The molecule has 0 saturated carbocycles. The van der Waals surface area contributed by atoms with Crippen LogP contribution in [0.2, 0.25) is 0 Å². The van der Waals surface area contributed by atoms with Crippen LogP contribution < -0.4 is 10.1 Å². The fraction of sp³-hybridized carbons (Fsp3) is 0.375. The minimum Gasteiger partial charge on any atom is -0.497 e. The maximum atomic E-state index is 13.3. The highest BCUT2D eigenvalue weighted by atomic mass is 16.5. The molecule has 31 heavy (non-hydrogen) atoms. The van der Waals surface area contributed by atoms with Crippen LogP contribution in [0.1, 0.15) is 23.2 Å². The third-order valence-corrected chi connectivity index (χ3v) is 5.54. The normalized spacial score (nSPS) is 19.7. The number of aromatic nitrogens is 3. The summed E-state index contributed by atoms with van der Waals surface area (Å²) in [5.74, 6) is 0.669.